The fourth-order valence-corrected chi connectivity index (χ4v) is 4.94. The molecule has 0 aliphatic rings. The summed E-state index contributed by atoms with van der Waals surface area (Å²) in [5.41, 5.74) is 1.28. The Morgan fingerprint density at radius 1 is 1.18 bits per heavy atom. The molecule has 0 N–H and O–H groups in total. The van der Waals surface area contributed by atoms with Crippen LogP contribution in [0.3, 0.4) is 0 Å². The Kier molecular flexibility index (Phi) is 7.12. The van der Waals surface area contributed by atoms with Gasteiger partial charge in [0, 0.05) is 9.75 Å². The quantitative estimate of drug-likeness (QED) is 0.371. The molecule has 0 saturated carbocycles. The average Bonchev–Trinajstić information content (AvgIpc) is 3.10. The fraction of sp³-hybridized carbons (Fsp3) is 0.471. The molecular weight excluding hydrogens is 380 g/mol. The van der Waals surface area contributed by atoms with Crippen molar-refractivity contribution in [2.45, 2.75) is 46.0 Å². The van der Waals surface area contributed by atoms with E-state index in [1.807, 2.05) is 13.0 Å². The minimum Gasteiger partial charge on any atom is -0.462 e. The molecule has 0 unspecified atom stereocenters. The van der Waals surface area contributed by atoms with Crippen molar-refractivity contribution < 1.29 is 9.53 Å². The number of halogens is 1. The van der Waals surface area contributed by atoms with Crippen molar-refractivity contribution in [1.29, 1.82) is 0 Å². The van der Waals surface area contributed by atoms with Gasteiger partial charge in [0.2, 0.25) is 0 Å². The third-order valence-electron chi connectivity index (χ3n) is 3.38. The molecule has 0 aliphatic carbocycles. The molecule has 0 saturated heterocycles. The highest BCUT2D eigenvalue weighted by Gasteiger charge is 2.17. The first-order valence-corrected chi connectivity index (χ1v) is 10.1. The molecular formula is C17H21BrO2S2. The molecule has 2 nitrogen and oxygen atoms in total. The second-order valence-electron chi connectivity index (χ2n) is 5.10. The Labute approximate surface area is 148 Å². The number of unbranched alkanes of at least 4 members (excludes halogenated alkanes) is 3. The van der Waals surface area contributed by atoms with Gasteiger partial charge in [0.15, 0.2) is 0 Å². The summed E-state index contributed by atoms with van der Waals surface area (Å²) in [6.45, 7) is 4.48. The Morgan fingerprint density at radius 2 is 2.00 bits per heavy atom. The summed E-state index contributed by atoms with van der Waals surface area (Å²) in [4.78, 5) is 15.2. The normalized spacial score (nSPS) is 10.9. The molecule has 2 aromatic rings. The van der Waals surface area contributed by atoms with E-state index in [0.717, 1.165) is 10.2 Å². The Bertz CT molecular complexity index is 616. The first-order valence-electron chi connectivity index (χ1n) is 7.71. The Balaban J connectivity index is 2.22. The van der Waals surface area contributed by atoms with Crippen LogP contribution >= 0.6 is 38.6 Å². The van der Waals surface area contributed by atoms with Crippen LogP contribution in [0.5, 0.6) is 0 Å². The molecule has 2 heterocycles. The molecule has 120 valence electrons. The summed E-state index contributed by atoms with van der Waals surface area (Å²) in [6.07, 6.45) is 5.96. The van der Waals surface area contributed by atoms with E-state index >= 15 is 0 Å². The van der Waals surface area contributed by atoms with Crippen LogP contribution in [0.2, 0.25) is 0 Å². The maximum Gasteiger partial charge on any atom is 0.348 e. The molecule has 0 spiro atoms. The molecule has 0 atom stereocenters. The van der Waals surface area contributed by atoms with Crippen LogP contribution in [-0.2, 0) is 11.2 Å². The van der Waals surface area contributed by atoms with Gasteiger partial charge in [-0.05, 0) is 59.5 Å². The first-order chi connectivity index (χ1) is 10.7. The van der Waals surface area contributed by atoms with Crippen molar-refractivity contribution in [3.05, 3.63) is 32.4 Å². The lowest BCUT2D eigenvalue weighted by molar-refractivity contribution is 0.0532. The fourth-order valence-electron chi connectivity index (χ4n) is 2.30. The SMILES string of the molecule is CCCCCCc1cc(C(=O)OCC)sc1-c1ccc(Br)s1. The van der Waals surface area contributed by atoms with Gasteiger partial charge in [-0.15, -0.1) is 22.7 Å². The van der Waals surface area contributed by atoms with E-state index in [1.54, 1.807) is 22.7 Å². The van der Waals surface area contributed by atoms with Crippen LogP contribution in [0.4, 0.5) is 0 Å². The summed E-state index contributed by atoms with van der Waals surface area (Å²) >= 11 is 6.78. The third-order valence-corrected chi connectivity index (χ3v) is 6.34. The zero-order valence-electron chi connectivity index (χ0n) is 13.0. The number of hydrogen-bond acceptors (Lipinski definition) is 4. The van der Waals surface area contributed by atoms with E-state index in [-0.39, 0.29) is 5.97 Å². The highest BCUT2D eigenvalue weighted by atomic mass is 79.9. The predicted molar refractivity (Wildman–Crippen MR) is 99.1 cm³/mol. The smallest absolute Gasteiger partial charge is 0.348 e. The summed E-state index contributed by atoms with van der Waals surface area (Å²) in [5, 5.41) is 0. The van der Waals surface area contributed by atoms with Crippen LogP contribution < -0.4 is 0 Å². The van der Waals surface area contributed by atoms with Crippen LogP contribution in [-0.4, -0.2) is 12.6 Å². The van der Waals surface area contributed by atoms with Crippen molar-refractivity contribution in [1.82, 2.24) is 0 Å². The van der Waals surface area contributed by atoms with Crippen LogP contribution in [0.15, 0.2) is 22.0 Å². The van der Waals surface area contributed by atoms with Crippen LogP contribution in [0.25, 0.3) is 9.75 Å². The lowest BCUT2D eigenvalue weighted by Gasteiger charge is -2.01. The van der Waals surface area contributed by atoms with Crippen LogP contribution in [0, 0.1) is 0 Å². The van der Waals surface area contributed by atoms with Crippen molar-refractivity contribution in [2.75, 3.05) is 6.61 Å². The highest BCUT2D eigenvalue weighted by molar-refractivity contribution is 9.11. The van der Waals surface area contributed by atoms with Gasteiger partial charge in [0.25, 0.3) is 0 Å². The number of carbonyl (C=O) groups excluding carboxylic acids is 1. The third kappa shape index (κ3) is 4.67. The molecule has 22 heavy (non-hydrogen) atoms. The summed E-state index contributed by atoms with van der Waals surface area (Å²) in [7, 11) is 0. The molecule has 0 fully saturated rings. The summed E-state index contributed by atoms with van der Waals surface area (Å²) < 4.78 is 6.26. The zero-order chi connectivity index (χ0) is 15.9. The lowest BCUT2D eigenvalue weighted by Crippen LogP contribution is -2.01. The Hall–Kier alpha value is -0.650. The maximum absolute atomic E-state index is 12.0. The lowest BCUT2D eigenvalue weighted by atomic mass is 10.1. The first kappa shape index (κ1) is 17.7. The van der Waals surface area contributed by atoms with Gasteiger partial charge in [-0.25, -0.2) is 4.79 Å². The number of rotatable bonds is 8. The van der Waals surface area contributed by atoms with E-state index in [2.05, 4.69) is 35.0 Å². The van der Waals surface area contributed by atoms with Gasteiger partial charge in [-0.1, -0.05) is 26.2 Å². The number of ether oxygens (including phenoxy) is 1. The molecule has 0 bridgehead atoms. The number of carbonyl (C=O) groups is 1. The van der Waals surface area contributed by atoms with E-state index in [4.69, 9.17) is 4.74 Å². The van der Waals surface area contributed by atoms with Crippen molar-refractivity contribution in [3.8, 4) is 9.75 Å². The van der Waals surface area contributed by atoms with E-state index in [9.17, 15) is 4.79 Å². The summed E-state index contributed by atoms with van der Waals surface area (Å²) in [5.74, 6) is -0.204. The van der Waals surface area contributed by atoms with Gasteiger partial charge >= 0.3 is 5.97 Å². The van der Waals surface area contributed by atoms with E-state index in [1.165, 1.54) is 41.0 Å². The maximum atomic E-state index is 12.0. The number of aryl methyl sites for hydroxylation is 1. The second kappa shape index (κ2) is 8.85. The highest BCUT2D eigenvalue weighted by Crippen LogP contribution is 2.39. The molecule has 5 heteroatoms. The molecule has 0 radical (unpaired) electrons. The average molecular weight is 401 g/mol. The van der Waals surface area contributed by atoms with Crippen molar-refractivity contribution in [3.63, 3.8) is 0 Å². The van der Waals surface area contributed by atoms with Gasteiger partial charge in [0.1, 0.15) is 4.88 Å². The monoisotopic (exact) mass is 400 g/mol. The van der Waals surface area contributed by atoms with Crippen LogP contribution in [0.1, 0.15) is 54.8 Å². The number of esters is 1. The zero-order valence-corrected chi connectivity index (χ0v) is 16.2. The minimum absolute atomic E-state index is 0.204. The van der Waals surface area contributed by atoms with E-state index < -0.39 is 0 Å². The molecule has 2 aromatic heterocycles. The standard InChI is InChI=1S/C17H21BrO2S2/c1-3-5-6-7-8-12-11-14(17(19)20-4-2)22-16(12)13-9-10-15(18)21-13/h9-11H,3-8H2,1-2H3. The Morgan fingerprint density at radius 3 is 2.64 bits per heavy atom. The molecule has 2 rings (SSSR count). The van der Waals surface area contributed by atoms with Gasteiger partial charge in [0.05, 0.1) is 10.4 Å². The molecule has 0 aliphatic heterocycles. The number of thiophene rings is 2. The predicted octanol–water partition coefficient (Wildman–Crippen LogP) is 6.54. The largest absolute Gasteiger partial charge is 0.462 e. The van der Waals surface area contributed by atoms with E-state index in [0.29, 0.717) is 11.5 Å². The topological polar surface area (TPSA) is 26.3 Å². The number of hydrogen-bond donors (Lipinski definition) is 0. The van der Waals surface area contributed by atoms with Gasteiger partial charge in [-0.2, -0.15) is 0 Å². The van der Waals surface area contributed by atoms with Crippen molar-refractivity contribution in [2.24, 2.45) is 0 Å². The minimum atomic E-state index is -0.204. The summed E-state index contributed by atoms with van der Waals surface area (Å²) in [6, 6.07) is 6.20. The second-order valence-corrected chi connectivity index (χ2v) is 8.62. The van der Waals surface area contributed by atoms with Gasteiger partial charge < -0.3 is 4.74 Å². The molecule has 0 amide bonds. The van der Waals surface area contributed by atoms with Crippen molar-refractivity contribution >= 4 is 44.6 Å². The molecule has 0 aromatic carbocycles. The van der Waals surface area contributed by atoms with Gasteiger partial charge in [-0.3, -0.25) is 0 Å².